The van der Waals surface area contributed by atoms with Crippen LogP contribution in [0.15, 0.2) is 24.8 Å². The fraction of sp³-hybridized carbons (Fsp3) is 0.529. The van der Waals surface area contributed by atoms with Gasteiger partial charge in [-0.2, -0.15) is 0 Å². The summed E-state index contributed by atoms with van der Waals surface area (Å²) in [6, 6.07) is 3.75. The average Bonchev–Trinajstić information content (AvgIpc) is 2.76. The number of aliphatic hydroxyl groups is 1. The Bertz CT molecular complexity index is 481. The number of fused-ring (bicyclic) bond motifs is 1. The van der Waals surface area contributed by atoms with Crippen molar-refractivity contribution in [2.45, 2.75) is 45.1 Å². The number of ether oxygens (including phenoxy) is 1. The van der Waals surface area contributed by atoms with Gasteiger partial charge in [0.05, 0.1) is 0 Å². The van der Waals surface area contributed by atoms with Crippen LogP contribution in [-0.4, -0.2) is 22.9 Å². The summed E-state index contributed by atoms with van der Waals surface area (Å²) in [5.41, 5.74) is 1.91. The molecule has 1 aromatic rings. The van der Waals surface area contributed by atoms with Crippen molar-refractivity contribution in [1.82, 2.24) is 0 Å². The van der Waals surface area contributed by atoms with Crippen molar-refractivity contribution in [3.8, 4) is 11.5 Å². The third-order valence-electron chi connectivity index (χ3n) is 4.28. The summed E-state index contributed by atoms with van der Waals surface area (Å²) in [4.78, 5) is 0. The second kappa shape index (κ2) is 6.31. The standard InChI is InChI=1S/C17H24O3/c1-4-6-12-9-16-13(10-14(12)19)17(11(3)5-2)15(20-16)7-8-18/h4,9-11,15,17-19H,1,5-8H2,2-3H3/t11?,15-,17+/m0/s1. The Morgan fingerprint density at radius 3 is 2.80 bits per heavy atom. The van der Waals surface area contributed by atoms with E-state index in [0.29, 0.717) is 24.5 Å². The second-order valence-electron chi connectivity index (χ2n) is 5.59. The van der Waals surface area contributed by atoms with E-state index in [-0.39, 0.29) is 18.6 Å². The highest BCUT2D eigenvalue weighted by atomic mass is 16.5. The predicted molar refractivity (Wildman–Crippen MR) is 80.3 cm³/mol. The summed E-state index contributed by atoms with van der Waals surface area (Å²) >= 11 is 0. The number of phenols is 1. The van der Waals surface area contributed by atoms with Crippen LogP contribution in [0.1, 0.15) is 43.7 Å². The van der Waals surface area contributed by atoms with E-state index in [4.69, 9.17) is 4.74 Å². The van der Waals surface area contributed by atoms with Crippen LogP contribution in [0.5, 0.6) is 11.5 Å². The molecule has 0 amide bonds. The minimum atomic E-state index is 0.00308. The number of aliphatic hydroxyl groups excluding tert-OH is 1. The van der Waals surface area contributed by atoms with E-state index in [2.05, 4.69) is 20.4 Å². The lowest BCUT2D eigenvalue weighted by atomic mass is 9.81. The first-order valence-electron chi connectivity index (χ1n) is 7.36. The van der Waals surface area contributed by atoms with Gasteiger partial charge in [-0.25, -0.2) is 0 Å². The minimum absolute atomic E-state index is 0.00308. The topological polar surface area (TPSA) is 49.7 Å². The van der Waals surface area contributed by atoms with Crippen LogP contribution in [0.25, 0.3) is 0 Å². The lowest BCUT2D eigenvalue weighted by Gasteiger charge is -2.23. The van der Waals surface area contributed by atoms with E-state index in [1.807, 2.05) is 12.1 Å². The SMILES string of the molecule is C=CCc1cc2c(cc1O)[C@@H](C(C)CC)[C@H](CCO)O2. The molecule has 1 heterocycles. The van der Waals surface area contributed by atoms with E-state index >= 15 is 0 Å². The van der Waals surface area contributed by atoms with Gasteiger partial charge in [-0.3, -0.25) is 0 Å². The molecule has 0 saturated heterocycles. The lowest BCUT2D eigenvalue weighted by Crippen LogP contribution is -2.24. The molecule has 0 spiro atoms. The molecule has 0 bridgehead atoms. The smallest absolute Gasteiger partial charge is 0.123 e. The Kier molecular flexibility index (Phi) is 4.71. The highest BCUT2D eigenvalue weighted by Gasteiger charge is 2.37. The summed E-state index contributed by atoms with van der Waals surface area (Å²) in [5, 5.41) is 19.4. The van der Waals surface area contributed by atoms with Crippen LogP contribution in [0.2, 0.25) is 0 Å². The van der Waals surface area contributed by atoms with Crippen LogP contribution >= 0.6 is 0 Å². The molecule has 2 rings (SSSR count). The maximum absolute atomic E-state index is 10.1. The first-order chi connectivity index (χ1) is 9.62. The zero-order valence-electron chi connectivity index (χ0n) is 12.3. The first kappa shape index (κ1) is 14.9. The van der Waals surface area contributed by atoms with Gasteiger partial charge in [0.1, 0.15) is 17.6 Å². The molecule has 0 aromatic heterocycles. The maximum Gasteiger partial charge on any atom is 0.123 e. The Balaban J connectivity index is 2.39. The molecule has 3 nitrogen and oxygen atoms in total. The molecule has 3 atom stereocenters. The summed E-state index contributed by atoms with van der Waals surface area (Å²) < 4.78 is 6.02. The van der Waals surface area contributed by atoms with Crippen LogP contribution in [0.4, 0.5) is 0 Å². The largest absolute Gasteiger partial charge is 0.508 e. The van der Waals surface area contributed by atoms with E-state index in [0.717, 1.165) is 23.3 Å². The quantitative estimate of drug-likeness (QED) is 0.783. The molecule has 0 saturated carbocycles. The third kappa shape index (κ3) is 2.68. The Hall–Kier alpha value is -1.48. The molecule has 0 radical (unpaired) electrons. The summed E-state index contributed by atoms with van der Waals surface area (Å²) in [7, 11) is 0. The van der Waals surface area contributed by atoms with Crippen molar-refractivity contribution in [1.29, 1.82) is 0 Å². The number of hydrogen-bond donors (Lipinski definition) is 2. The molecule has 0 aliphatic carbocycles. The normalized spacial score (nSPS) is 22.1. The number of benzene rings is 1. The van der Waals surface area contributed by atoms with Crippen molar-refractivity contribution in [3.05, 3.63) is 35.9 Å². The van der Waals surface area contributed by atoms with Crippen molar-refractivity contribution in [2.75, 3.05) is 6.61 Å². The van der Waals surface area contributed by atoms with Crippen LogP contribution in [0, 0.1) is 5.92 Å². The molecule has 1 aliphatic rings. The number of rotatable bonds is 6. The highest BCUT2D eigenvalue weighted by molar-refractivity contribution is 5.51. The summed E-state index contributed by atoms with van der Waals surface area (Å²) in [5.74, 6) is 1.86. The number of hydrogen-bond acceptors (Lipinski definition) is 3. The van der Waals surface area contributed by atoms with E-state index < -0.39 is 0 Å². The molecule has 1 aromatic carbocycles. The van der Waals surface area contributed by atoms with Gasteiger partial charge in [-0.05, 0) is 24.5 Å². The molecule has 3 heteroatoms. The molecular weight excluding hydrogens is 252 g/mol. The highest BCUT2D eigenvalue weighted by Crippen LogP contribution is 2.46. The lowest BCUT2D eigenvalue weighted by molar-refractivity contribution is 0.137. The predicted octanol–water partition coefficient (Wildman–Crippen LogP) is 3.39. The summed E-state index contributed by atoms with van der Waals surface area (Å²) in [6.07, 6.45) is 4.07. The monoisotopic (exact) mass is 276 g/mol. The Morgan fingerprint density at radius 1 is 1.45 bits per heavy atom. The Labute approximate surface area is 120 Å². The van der Waals surface area contributed by atoms with Gasteiger partial charge in [-0.15, -0.1) is 6.58 Å². The maximum atomic E-state index is 10.1. The molecule has 1 unspecified atom stereocenters. The van der Waals surface area contributed by atoms with Gasteiger partial charge in [-0.1, -0.05) is 26.3 Å². The zero-order valence-corrected chi connectivity index (χ0v) is 12.3. The molecule has 2 N–H and O–H groups in total. The van der Waals surface area contributed by atoms with Crippen molar-refractivity contribution in [2.24, 2.45) is 5.92 Å². The number of allylic oxidation sites excluding steroid dienone is 1. The molecule has 0 fully saturated rings. The van der Waals surface area contributed by atoms with E-state index in [9.17, 15) is 10.2 Å². The minimum Gasteiger partial charge on any atom is -0.508 e. The van der Waals surface area contributed by atoms with Crippen LogP contribution in [-0.2, 0) is 6.42 Å². The Morgan fingerprint density at radius 2 is 2.20 bits per heavy atom. The van der Waals surface area contributed by atoms with Gasteiger partial charge in [0.15, 0.2) is 0 Å². The molecule has 1 aliphatic heterocycles. The van der Waals surface area contributed by atoms with Crippen LogP contribution < -0.4 is 4.74 Å². The van der Waals surface area contributed by atoms with Crippen molar-refractivity contribution in [3.63, 3.8) is 0 Å². The van der Waals surface area contributed by atoms with Gasteiger partial charge >= 0.3 is 0 Å². The van der Waals surface area contributed by atoms with Gasteiger partial charge in [0.25, 0.3) is 0 Å². The fourth-order valence-electron chi connectivity index (χ4n) is 3.04. The number of phenolic OH excluding ortho intramolecular Hbond substituents is 1. The summed E-state index contributed by atoms with van der Waals surface area (Å²) in [6.45, 7) is 8.18. The molecule has 110 valence electrons. The van der Waals surface area contributed by atoms with Gasteiger partial charge in [0, 0.05) is 30.1 Å². The molecule has 20 heavy (non-hydrogen) atoms. The van der Waals surface area contributed by atoms with E-state index in [1.54, 1.807) is 6.08 Å². The third-order valence-corrected chi connectivity index (χ3v) is 4.28. The van der Waals surface area contributed by atoms with Gasteiger partial charge < -0.3 is 14.9 Å². The van der Waals surface area contributed by atoms with Crippen molar-refractivity contribution >= 4 is 0 Å². The number of aromatic hydroxyl groups is 1. The molecular formula is C17H24O3. The fourth-order valence-corrected chi connectivity index (χ4v) is 3.04. The van der Waals surface area contributed by atoms with E-state index in [1.165, 1.54) is 0 Å². The second-order valence-corrected chi connectivity index (χ2v) is 5.59. The van der Waals surface area contributed by atoms with Crippen molar-refractivity contribution < 1.29 is 14.9 Å². The van der Waals surface area contributed by atoms with Crippen LogP contribution in [0.3, 0.4) is 0 Å². The first-order valence-corrected chi connectivity index (χ1v) is 7.36. The van der Waals surface area contributed by atoms with Gasteiger partial charge in [0.2, 0.25) is 0 Å². The zero-order chi connectivity index (χ0) is 14.7. The average molecular weight is 276 g/mol.